The molecule has 0 saturated heterocycles. The van der Waals surface area contributed by atoms with Gasteiger partial charge in [0.2, 0.25) is 0 Å². The molecule has 0 unspecified atom stereocenters. The molecule has 150 valence electrons. The molecule has 4 rings (SSSR count). The van der Waals surface area contributed by atoms with Crippen LogP contribution in [0.2, 0.25) is 5.15 Å². The fraction of sp³-hybridized carbons (Fsp3) is 0.0455. The summed E-state index contributed by atoms with van der Waals surface area (Å²) in [7, 11) is 0. The SMILES string of the molecule is O=C(Nc1cccnc1Cl)c1cccc2ccc(-c3cccc(C(F)(F)F)c3)nc12. The minimum atomic E-state index is -4.46. The third kappa shape index (κ3) is 3.97. The molecule has 2 aromatic heterocycles. The number of rotatable bonds is 3. The summed E-state index contributed by atoms with van der Waals surface area (Å²) in [6.07, 6.45) is -2.96. The average Bonchev–Trinajstić information content (AvgIpc) is 2.74. The van der Waals surface area contributed by atoms with Crippen LogP contribution < -0.4 is 5.32 Å². The first kappa shape index (κ1) is 19.8. The number of fused-ring (bicyclic) bond motifs is 1. The van der Waals surface area contributed by atoms with Crippen molar-refractivity contribution in [2.45, 2.75) is 6.18 Å². The highest BCUT2D eigenvalue weighted by molar-refractivity contribution is 6.32. The van der Waals surface area contributed by atoms with E-state index in [4.69, 9.17) is 11.6 Å². The Bertz CT molecular complexity index is 1260. The minimum Gasteiger partial charge on any atom is -0.319 e. The van der Waals surface area contributed by atoms with E-state index in [1.165, 1.54) is 12.3 Å². The highest BCUT2D eigenvalue weighted by Gasteiger charge is 2.30. The summed E-state index contributed by atoms with van der Waals surface area (Å²) in [5.41, 5.74) is 0.839. The van der Waals surface area contributed by atoms with Gasteiger partial charge < -0.3 is 5.32 Å². The number of nitrogens with one attached hydrogen (secondary N) is 1. The summed E-state index contributed by atoms with van der Waals surface area (Å²) >= 11 is 6.00. The smallest absolute Gasteiger partial charge is 0.319 e. The van der Waals surface area contributed by atoms with Crippen LogP contribution in [0.25, 0.3) is 22.2 Å². The van der Waals surface area contributed by atoms with Crippen LogP contribution in [0.5, 0.6) is 0 Å². The normalized spacial score (nSPS) is 11.5. The van der Waals surface area contributed by atoms with Crippen molar-refractivity contribution in [2.75, 3.05) is 5.32 Å². The maximum absolute atomic E-state index is 13.1. The maximum Gasteiger partial charge on any atom is 0.416 e. The number of hydrogen-bond acceptors (Lipinski definition) is 3. The monoisotopic (exact) mass is 427 g/mol. The molecule has 2 heterocycles. The number of para-hydroxylation sites is 1. The zero-order valence-electron chi connectivity index (χ0n) is 15.2. The molecular weight excluding hydrogens is 415 g/mol. The van der Waals surface area contributed by atoms with Crippen molar-refractivity contribution in [1.82, 2.24) is 9.97 Å². The van der Waals surface area contributed by atoms with Gasteiger partial charge in [-0.05, 0) is 36.4 Å². The first-order valence-corrected chi connectivity index (χ1v) is 9.20. The lowest BCUT2D eigenvalue weighted by atomic mass is 10.0. The van der Waals surface area contributed by atoms with E-state index in [1.54, 1.807) is 48.5 Å². The Balaban J connectivity index is 1.76. The number of halogens is 4. The van der Waals surface area contributed by atoms with Gasteiger partial charge >= 0.3 is 6.18 Å². The zero-order valence-corrected chi connectivity index (χ0v) is 16.0. The summed E-state index contributed by atoms with van der Waals surface area (Å²) in [5, 5.41) is 3.50. The Labute approximate surface area is 174 Å². The van der Waals surface area contributed by atoms with Gasteiger partial charge in [-0.1, -0.05) is 41.9 Å². The molecule has 1 amide bonds. The second-order valence-electron chi connectivity index (χ2n) is 6.45. The van der Waals surface area contributed by atoms with Crippen molar-refractivity contribution in [1.29, 1.82) is 0 Å². The number of aromatic nitrogens is 2. The molecule has 0 fully saturated rings. The molecular formula is C22H13ClF3N3O. The molecule has 30 heavy (non-hydrogen) atoms. The third-order valence-electron chi connectivity index (χ3n) is 4.46. The van der Waals surface area contributed by atoms with Gasteiger partial charge in [0, 0.05) is 17.1 Å². The highest BCUT2D eigenvalue weighted by atomic mass is 35.5. The Morgan fingerprint density at radius 2 is 1.77 bits per heavy atom. The molecule has 0 aliphatic heterocycles. The van der Waals surface area contributed by atoms with Crippen molar-refractivity contribution in [3.8, 4) is 11.3 Å². The molecule has 0 saturated carbocycles. The van der Waals surface area contributed by atoms with E-state index in [9.17, 15) is 18.0 Å². The van der Waals surface area contributed by atoms with Gasteiger partial charge in [-0.2, -0.15) is 13.2 Å². The summed E-state index contributed by atoms with van der Waals surface area (Å²) in [6, 6.07) is 16.5. The van der Waals surface area contributed by atoms with Crippen LogP contribution in [-0.4, -0.2) is 15.9 Å². The molecule has 0 aliphatic carbocycles. The van der Waals surface area contributed by atoms with E-state index in [1.807, 2.05) is 0 Å². The summed E-state index contributed by atoms with van der Waals surface area (Å²) < 4.78 is 39.2. The molecule has 1 N–H and O–H groups in total. The summed E-state index contributed by atoms with van der Waals surface area (Å²) in [6.45, 7) is 0. The lowest BCUT2D eigenvalue weighted by Crippen LogP contribution is -2.13. The van der Waals surface area contributed by atoms with Crippen LogP contribution in [0, 0.1) is 0 Å². The molecule has 0 aliphatic rings. The first-order valence-electron chi connectivity index (χ1n) is 8.82. The maximum atomic E-state index is 13.1. The number of carbonyl (C=O) groups excluding carboxylic acids is 1. The summed E-state index contributed by atoms with van der Waals surface area (Å²) in [5.74, 6) is -0.454. The van der Waals surface area contributed by atoms with Crippen LogP contribution in [0.3, 0.4) is 0 Å². The van der Waals surface area contributed by atoms with Crippen LogP contribution >= 0.6 is 11.6 Å². The van der Waals surface area contributed by atoms with E-state index in [2.05, 4.69) is 15.3 Å². The van der Waals surface area contributed by atoms with E-state index in [0.717, 1.165) is 12.1 Å². The van der Waals surface area contributed by atoms with E-state index in [-0.39, 0.29) is 10.7 Å². The zero-order chi connectivity index (χ0) is 21.3. The molecule has 4 aromatic rings. The van der Waals surface area contributed by atoms with Crippen LogP contribution in [0.4, 0.5) is 18.9 Å². The second-order valence-corrected chi connectivity index (χ2v) is 6.81. The quantitative estimate of drug-likeness (QED) is 0.395. The number of amides is 1. The van der Waals surface area contributed by atoms with Gasteiger partial charge in [0.1, 0.15) is 0 Å². The molecule has 0 spiro atoms. The fourth-order valence-electron chi connectivity index (χ4n) is 3.01. The van der Waals surface area contributed by atoms with Crippen LogP contribution in [0.1, 0.15) is 15.9 Å². The van der Waals surface area contributed by atoms with Gasteiger partial charge in [0.05, 0.1) is 28.0 Å². The number of carbonyl (C=O) groups is 1. The lowest BCUT2D eigenvalue weighted by Gasteiger charge is -2.11. The van der Waals surface area contributed by atoms with Gasteiger partial charge in [0.25, 0.3) is 5.91 Å². The highest BCUT2D eigenvalue weighted by Crippen LogP contribution is 2.32. The number of alkyl halides is 3. The minimum absolute atomic E-state index is 0.142. The number of nitrogens with zero attached hydrogens (tertiary/aromatic N) is 2. The molecule has 0 bridgehead atoms. The summed E-state index contributed by atoms with van der Waals surface area (Å²) in [4.78, 5) is 21.2. The van der Waals surface area contributed by atoms with Crippen LogP contribution in [0.15, 0.2) is 72.9 Å². The number of pyridine rings is 2. The Hall–Kier alpha value is -3.45. The molecule has 0 atom stereocenters. The predicted molar refractivity (Wildman–Crippen MR) is 109 cm³/mol. The number of benzene rings is 2. The first-order chi connectivity index (χ1) is 14.3. The lowest BCUT2D eigenvalue weighted by molar-refractivity contribution is -0.137. The Morgan fingerprint density at radius 1 is 0.967 bits per heavy atom. The number of anilines is 1. The number of hydrogen-bond donors (Lipinski definition) is 1. The van der Waals surface area contributed by atoms with Crippen molar-refractivity contribution in [3.63, 3.8) is 0 Å². The molecule has 2 aromatic carbocycles. The van der Waals surface area contributed by atoms with Crippen molar-refractivity contribution >= 4 is 34.1 Å². The van der Waals surface area contributed by atoms with Crippen molar-refractivity contribution < 1.29 is 18.0 Å². The predicted octanol–water partition coefficient (Wildman–Crippen LogP) is 6.22. The largest absolute Gasteiger partial charge is 0.416 e. The van der Waals surface area contributed by atoms with Crippen molar-refractivity contribution in [3.05, 3.63) is 89.2 Å². The average molecular weight is 428 g/mol. The van der Waals surface area contributed by atoms with Gasteiger partial charge in [-0.15, -0.1) is 0 Å². The van der Waals surface area contributed by atoms with E-state index >= 15 is 0 Å². The Morgan fingerprint density at radius 3 is 2.53 bits per heavy atom. The topological polar surface area (TPSA) is 54.9 Å². The molecule has 8 heteroatoms. The van der Waals surface area contributed by atoms with Gasteiger partial charge in [-0.25, -0.2) is 9.97 Å². The molecule has 0 radical (unpaired) electrons. The molecule has 4 nitrogen and oxygen atoms in total. The van der Waals surface area contributed by atoms with Crippen molar-refractivity contribution in [2.24, 2.45) is 0 Å². The third-order valence-corrected chi connectivity index (χ3v) is 4.76. The van der Waals surface area contributed by atoms with E-state index in [0.29, 0.717) is 27.8 Å². The van der Waals surface area contributed by atoms with E-state index < -0.39 is 17.6 Å². The fourth-order valence-corrected chi connectivity index (χ4v) is 3.18. The standard InChI is InChI=1S/C22H13ClF3N3O/c23-20-18(8-3-11-27-20)29-21(30)16-7-2-4-13-9-10-17(28-19(13)16)14-5-1-6-15(12-14)22(24,25)26/h1-12H,(H,29,30). The van der Waals surface area contributed by atoms with Crippen LogP contribution in [-0.2, 0) is 6.18 Å². The Kier molecular flexibility index (Phi) is 5.13. The van der Waals surface area contributed by atoms with Gasteiger partial charge in [-0.3, -0.25) is 4.79 Å². The van der Waals surface area contributed by atoms with Gasteiger partial charge in [0.15, 0.2) is 5.15 Å². The second kappa shape index (κ2) is 7.76.